The zero-order chi connectivity index (χ0) is 21.5. The van der Waals surface area contributed by atoms with Gasteiger partial charge < -0.3 is 4.90 Å². The van der Waals surface area contributed by atoms with Crippen molar-refractivity contribution >= 4 is 18.6 Å². The molecule has 3 aromatic rings. The summed E-state index contributed by atoms with van der Waals surface area (Å²) in [6.45, 7) is 4.93. The highest BCUT2D eigenvalue weighted by atomic mass is 31.2. The van der Waals surface area contributed by atoms with Crippen LogP contribution in [-0.2, 0) is 20.0 Å². The van der Waals surface area contributed by atoms with Gasteiger partial charge in [0, 0.05) is 24.5 Å². The predicted molar refractivity (Wildman–Crippen MR) is 117 cm³/mol. The summed E-state index contributed by atoms with van der Waals surface area (Å²) in [6, 6.07) is 11.1. The van der Waals surface area contributed by atoms with E-state index in [0.29, 0.717) is 17.5 Å². The van der Waals surface area contributed by atoms with Gasteiger partial charge in [0.05, 0.1) is 18.2 Å². The van der Waals surface area contributed by atoms with Crippen LogP contribution in [-0.4, -0.2) is 36.5 Å². The number of aryl methyl sites for hydroxylation is 2. The molecule has 1 aliphatic heterocycles. The highest BCUT2D eigenvalue weighted by Crippen LogP contribution is 2.58. The Hall–Kier alpha value is -1.98. The molecule has 0 saturated carbocycles. The second kappa shape index (κ2) is 8.27. The first-order chi connectivity index (χ1) is 14.3. The third-order valence-corrected chi connectivity index (χ3v) is 7.47. The molecule has 2 heterocycles. The highest BCUT2D eigenvalue weighted by molar-refractivity contribution is 7.52. The van der Waals surface area contributed by atoms with Gasteiger partial charge in [0.15, 0.2) is 0 Å². The van der Waals surface area contributed by atoms with Gasteiger partial charge in [0.1, 0.15) is 5.82 Å². The molecule has 2 unspecified atom stereocenters. The average molecular weight is 430 g/mol. The molecule has 0 radical (unpaired) electrons. The molecule has 1 aliphatic rings. The number of hydrogen-bond acceptors (Lipinski definition) is 4. The average Bonchev–Trinajstić information content (AvgIpc) is 3.07. The van der Waals surface area contributed by atoms with E-state index in [1.807, 2.05) is 45.4 Å². The van der Waals surface area contributed by atoms with Gasteiger partial charge in [-0.25, -0.2) is 8.96 Å². The largest absolute Gasteiger partial charge is 0.439 e. The first-order valence-corrected chi connectivity index (χ1v) is 11.7. The summed E-state index contributed by atoms with van der Waals surface area (Å²) in [5.74, 6) is -0.287. The Morgan fingerprint density at radius 3 is 2.73 bits per heavy atom. The molecule has 1 saturated heterocycles. The number of hydrogen-bond donors (Lipinski definition) is 0. The minimum absolute atomic E-state index is 0.287. The number of rotatable bonds is 5. The van der Waals surface area contributed by atoms with Gasteiger partial charge in [-0.3, -0.25) is 13.4 Å². The molecule has 0 bridgehead atoms. The third kappa shape index (κ3) is 4.10. The van der Waals surface area contributed by atoms with Crippen molar-refractivity contribution in [2.24, 2.45) is 0 Å². The zero-order valence-electron chi connectivity index (χ0n) is 17.9. The molecular formula is C23H28FN2O3P. The Kier molecular flexibility index (Phi) is 5.86. The fourth-order valence-electron chi connectivity index (χ4n) is 3.81. The molecule has 1 aromatic heterocycles. The molecule has 160 valence electrons. The van der Waals surface area contributed by atoms with Crippen LogP contribution in [0.15, 0.2) is 42.6 Å². The fraction of sp³-hybridized carbons (Fsp3) is 0.391. The van der Waals surface area contributed by atoms with E-state index in [4.69, 9.17) is 9.05 Å². The molecule has 30 heavy (non-hydrogen) atoms. The van der Waals surface area contributed by atoms with Crippen LogP contribution < -0.4 is 0 Å². The van der Waals surface area contributed by atoms with Crippen molar-refractivity contribution in [1.82, 2.24) is 9.24 Å². The Morgan fingerprint density at radius 2 is 2.00 bits per heavy atom. The molecule has 2 aromatic carbocycles. The lowest BCUT2D eigenvalue weighted by molar-refractivity contribution is 0.0769. The SMILES string of the molecule is Cc1ccc2c(c1)c(CCN(C)C)cn2P1(=O)OCCC(c2ccc(C)c(F)c2)O1. The maximum Gasteiger partial charge on any atom is 0.439 e. The normalized spacial score (nSPS) is 22.1. The first-order valence-electron chi connectivity index (χ1n) is 10.2. The maximum atomic E-state index is 14.1. The van der Waals surface area contributed by atoms with Crippen LogP contribution in [0.25, 0.3) is 10.9 Å². The van der Waals surface area contributed by atoms with Gasteiger partial charge >= 0.3 is 7.75 Å². The number of halogens is 1. The van der Waals surface area contributed by atoms with Crippen LogP contribution in [0.4, 0.5) is 4.39 Å². The molecule has 5 nitrogen and oxygen atoms in total. The van der Waals surface area contributed by atoms with E-state index in [-0.39, 0.29) is 12.4 Å². The summed E-state index contributed by atoms with van der Waals surface area (Å²) in [4.78, 5) is 2.12. The van der Waals surface area contributed by atoms with Gasteiger partial charge in [-0.1, -0.05) is 23.8 Å². The fourth-order valence-corrected chi connectivity index (χ4v) is 5.70. The number of aromatic nitrogens is 1. The van der Waals surface area contributed by atoms with Crippen molar-refractivity contribution in [3.05, 3.63) is 70.7 Å². The van der Waals surface area contributed by atoms with E-state index in [2.05, 4.69) is 11.0 Å². The van der Waals surface area contributed by atoms with Crippen LogP contribution >= 0.6 is 7.75 Å². The molecule has 0 amide bonds. The van der Waals surface area contributed by atoms with Gasteiger partial charge in [-0.15, -0.1) is 0 Å². The second-order valence-corrected chi connectivity index (χ2v) is 10.1. The van der Waals surface area contributed by atoms with Crippen molar-refractivity contribution in [2.45, 2.75) is 32.8 Å². The molecule has 1 fully saturated rings. The summed E-state index contributed by atoms with van der Waals surface area (Å²) < 4.78 is 41.3. The standard InChI is InChI=1S/C23H28FN2O3P/c1-16-5-8-22-20(13-16)19(9-11-25(3)4)15-26(22)30(27)28-12-10-23(29-30)18-7-6-17(2)21(24)14-18/h5-8,13-15,23H,9-12H2,1-4H3. The van der Waals surface area contributed by atoms with Crippen molar-refractivity contribution in [3.63, 3.8) is 0 Å². The Labute approximate surface area is 177 Å². The number of fused-ring (bicyclic) bond motifs is 1. The summed E-state index contributed by atoms with van der Waals surface area (Å²) in [5.41, 5.74) is 4.33. The summed E-state index contributed by atoms with van der Waals surface area (Å²) in [5, 5.41) is 1.06. The molecule has 0 spiro atoms. The Morgan fingerprint density at radius 1 is 1.20 bits per heavy atom. The quantitative estimate of drug-likeness (QED) is 0.492. The number of benzene rings is 2. The summed E-state index contributed by atoms with van der Waals surface area (Å²) in [6.07, 6.45) is 2.77. The molecule has 0 aliphatic carbocycles. The monoisotopic (exact) mass is 430 g/mol. The minimum atomic E-state index is -3.62. The van der Waals surface area contributed by atoms with Gasteiger partial charge in [0.2, 0.25) is 0 Å². The second-order valence-electron chi connectivity index (χ2n) is 8.27. The first kappa shape index (κ1) is 21.3. The Balaban J connectivity index is 1.72. The lowest BCUT2D eigenvalue weighted by Gasteiger charge is -2.30. The molecule has 7 heteroatoms. The lowest BCUT2D eigenvalue weighted by atomic mass is 10.0. The molecule has 2 atom stereocenters. The van der Waals surface area contributed by atoms with Crippen molar-refractivity contribution in [2.75, 3.05) is 27.2 Å². The highest BCUT2D eigenvalue weighted by Gasteiger charge is 2.38. The van der Waals surface area contributed by atoms with E-state index in [9.17, 15) is 8.96 Å². The summed E-state index contributed by atoms with van der Waals surface area (Å²) >= 11 is 0. The van der Waals surface area contributed by atoms with Crippen molar-refractivity contribution in [3.8, 4) is 0 Å². The van der Waals surface area contributed by atoms with Gasteiger partial charge in [-0.05, 0) is 69.3 Å². The van der Waals surface area contributed by atoms with E-state index in [0.717, 1.165) is 35.0 Å². The van der Waals surface area contributed by atoms with E-state index >= 15 is 0 Å². The van der Waals surface area contributed by atoms with Gasteiger partial charge in [-0.2, -0.15) is 0 Å². The van der Waals surface area contributed by atoms with Crippen LogP contribution in [0, 0.1) is 19.7 Å². The van der Waals surface area contributed by atoms with Crippen LogP contribution in [0.1, 0.15) is 34.8 Å². The number of likely N-dealkylation sites (N-methyl/N-ethyl adjacent to an activating group) is 1. The van der Waals surface area contributed by atoms with Gasteiger partial charge in [0.25, 0.3) is 0 Å². The van der Waals surface area contributed by atoms with Crippen LogP contribution in [0.5, 0.6) is 0 Å². The topological polar surface area (TPSA) is 43.7 Å². The number of nitrogens with zero attached hydrogens (tertiary/aromatic N) is 2. The van der Waals surface area contributed by atoms with E-state index < -0.39 is 13.9 Å². The Bertz CT molecular complexity index is 1130. The zero-order valence-corrected chi connectivity index (χ0v) is 18.8. The summed E-state index contributed by atoms with van der Waals surface area (Å²) in [7, 11) is 0.445. The predicted octanol–water partition coefficient (Wildman–Crippen LogP) is 5.64. The van der Waals surface area contributed by atoms with Crippen LogP contribution in [0.3, 0.4) is 0 Å². The minimum Gasteiger partial charge on any atom is -0.309 e. The molecular weight excluding hydrogens is 402 g/mol. The van der Waals surface area contributed by atoms with Crippen molar-refractivity contribution in [1.29, 1.82) is 0 Å². The molecule has 0 N–H and O–H groups in total. The smallest absolute Gasteiger partial charge is 0.309 e. The van der Waals surface area contributed by atoms with Crippen molar-refractivity contribution < 1.29 is 18.0 Å². The van der Waals surface area contributed by atoms with E-state index in [1.165, 1.54) is 6.07 Å². The third-order valence-electron chi connectivity index (χ3n) is 5.58. The van der Waals surface area contributed by atoms with E-state index in [1.54, 1.807) is 17.3 Å². The molecule has 4 rings (SSSR count). The maximum absolute atomic E-state index is 14.1. The van der Waals surface area contributed by atoms with Crippen LogP contribution in [0.2, 0.25) is 0 Å². The lowest BCUT2D eigenvalue weighted by Crippen LogP contribution is -2.17.